The summed E-state index contributed by atoms with van der Waals surface area (Å²) in [5.74, 6) is 0.431. The summed E-state index contributed by atoms with van der Waals surface area (Å²) in [4.78, 5) is 35.1. The summed E-state index contributed by atoms with van der Waals surface area (Å²) in [6.45, 7) is 1.16. The van der Waals surface area contributed by atoms with E-state index in [1.165, 1.54) is 15.3 Å². The number of rotatable bonds is 4. The fourth-order valence-corrected chi connectivity index (χ4v) is 3.44. The standard InChI is InChI=1S/C19H20N6O2/c1-23-12-10-21-18(19(23)27)24-11-2-3-15(24)13-25-17(26)5-4-16(22-25)14-6-8-20-9-7-14/h4-10,12,15H,2-3,11,13H2,1H3. The van der Waals surface area contributed by atoms with Crippen LogP contribution in [-0.2, 0) is 13.6 Å². The molecule has 0 spiro atoms. The largest absolute Gasteiger partial charge is 0.347 e. The lowest BCUT2D eigenvalue weighted by atomic mass is 10.2. The summed E-state index contributed by atoms with van der Waals surface area (Å²) in [6.07, 6.45) is 8.49. The van der Waals surface area contributed by atoms with Gasteiger partial charge in [-0.1, -0.05) is 0 Å². The Morgan fingerprint density at radius 2 is 1.93 bits per heavy atom. The molecular weight excluding hydrogens is 344 g/mol. The van der Waals surface area contributed by atoms with E-state index in [0.29, 0.717) is 12.4 Å². The molecule has 0 N–H and O–H groups in total. The van der Waals surface area contributed by atoms with Gasteiger partial charge in [-0.25, -0.2) is 9.67 Å². The van der Waals surface area contributed by atoms with Crippen LogP contribution in [0, 0.1) is 0 Å². The van der Waals surface area contributed by atoms with Crippen LogP contribution in [-0.4, -0.2) is 36.9 Å². The Morgan fingerprint density at radius 1 is 1.11 bits per heavy atom. The molecule has 138 valence electrons. The van der Waals surface area contributed by atoms with Gasteiger partial charge in [0.1, 0.15) is 0 Å². The zero-order valence-corrected chi connectivity index (χ0v) is 15.0. The number of hydrogen-bond donors (Lipinski definition) is 0. The van der Waals surface area contributed by atoms with Crippen LogP contribution in [0.2, 0.25) is 0 Å². The first-order chi connectivity index (χ1) is 13.1. The molecule has 1 saturated heterocycles. The van der Waals surface area contributed by atoms with Crippen LogP contribution in [0.15, 0.2) is 58.6 Å². The fraction of sp³-hybridized carbons (Fsp3) is 0.316. The highest BCUT2D eigenvalue weighted by molar-refractivity contribution is 5.57. The van der Waals surface area contributed by atoms with Gasteiger partial charge in [0.25, 0.3) is 11.1 Å². The van der Waals surface area contributed by atoms with Crippen molar-refractivity contribution < 1.29 is 0 Å². The average Bonchev–Trinajstić information content (AvgIpc) is 3.14. The maximum Gasteiger partial charge on any atom is 0.293 e. The van der Waals surface area contributed by atoms with Gasteiger partial charge in [-0.2, -0.15) is 5.10 Å². The van der Waals surface area contributed by atoms with Crippen molar-refractivity contribution in [1.29, 1.82) is 0 Å². The summed E-state index contributed by atoms with van der Waals surface area (Å²) in [7, 11) is 1.71. The van der Waals surface area contributed by atoms with Gasteiger partial charge in [0.15, 0.2) is 5.82 Å². The van der Waals surface area contributed by atoms with E-state index in [1.807, 2.05) is 17.0 Å². The normalized spacial score (nSPS) is 16.6. The van der Waals surface area contributed by atoms with Crippen LogP contribution >= 0.6 is 0 Å². The minimum absolute atomic E-state index is 0.00508. The second-order valence-electron chi connectivity index (χ2n) is 6.63. The summed E-state index contributed by atoms with van der Waals surface area (Å²) >= 11 is 0. The maximum atomic E-state index is 12.4. The van der Waals surface area contributed by atoms with E-state index >= 15 is 0 Å². The minimum Gasteiger partial charge on any atom is -0.347 e. The first-order valence-corrected chi connectivity index (χ1v) is 8.90. The average molecular weight is 364 g/mol. The van der Waals surface area contributed by atoms with Crippen LogP contribution in [0.3, 0.4) is 0 Å². The molecule has 4 heterocycles. The van der Waals surface area contributed by atoms with Crippen molar-refractivity contribution in [2.45, 2.75) is 25.4 Å². The Kier molecular flexibility index (Phi) is 4.53. The monoisotopic (exact) mass is 364 g/mol. The van der Waals surface area contributed by atoms with Crippen molar-refractivity contribution >= 4 is 5.82 Å². The van der Waals surface area contributed by atoms with E-state index in [-0.39, 0.29) is 17.2 Å². The molecule has 1 aliphatic rings. The van der Waals surface area contributed by atoms with E-state index in [9.17, 15) is 9.59 Å². The van der Waals surface area contributed by atoms with Gasteiger partial charge in [-0.05, 0) is 31.0 Å². The molecule has 1 fully saturated rings. The third kappa shape index (κ3) is 3.38. The van der Waals surface area contributed by atoms with Crippen molar-refractivity contribution in [3.05, 3.63) is 69.8 Å². The minimum atomic E-state index is -0.159. The summed E-state index contributed by atoms with van der Waals surface area (Å²) < 4.78 is 3.00. The van der Waals surface area contributed by atoms with Crippen LogP contribution < -0.4 is 16.0 Å². The highest BCUT2D eigenvalue weighted by Crippen LogP contribution is 2.22. The Morgan fingerprint density at radius 3 is 2.74 bits per heavy atom. The molecule has 8 heteroatoms. The molecule has 1 unspecified atom stereocenters. The zero-order valence-electron chi connectivity index (χ0n) is 15.0. The van der Waals surface area contributed by atoms with E-state index in [4.69, 9.17) is 0 Å². The predicted octanol–water partition coefficient (Wildman–Crippen LogP) is 1.07. The van der Waals surface area contributed by atoms with Gasteiger partial charge >= 0.3 is 0 Å². The SMILES string of the molecule is Cn1ccnc(N2CCCC2Cn2nc(-c3ccncc3)ccc2=O)c1=O. The molecule has 1 aliphatic heterocycles. The smallest absolute Gasteiger partial charge is 0.293 e. The fourth-order valence-electron chi connectivity index (χ4n) is 3.44. The Labute approximate surface area is 155 Å². The van der Waals surface area contributed by atoms with Crippen LogP contribution in [0.25, 0.3) is 11.3 Å². The number of nitrogens with zero attached hydrogens (tertiary/aromatic N) is 6. The Bertz CT molecular complexity index is 1060. The van der Waals surface area contributed by atoms with E-state index < -0.39 is 0 Å². The number of hydrogen-bond acceptors (Lipinski definition) is 6. The molecule has 1 atom stereocenters. The Balaban J connectivity index is 1.64. The van der Waals surface area contributed by atoms with Gasteiger partial charge in [0.2, 0.25) is 0 Å². The molecule has 0 radical (unpaired) electrons. The summed E-state index contributed by atoms with van der Waals surface area (Å²) in [5.41, 5.74) is 1.33. The van der Waals surface area contributed by atoms with Crippen molar-refractivity contribution in [3.63, 3.8) is 0 Å². The number of aromatic nitrogens is 5. The Hall–Kier alpha value is -3.29. The molecule has 8 nitrogen and oxygen atoms in total. The van der Waals surface area contributed by atoms with Crippen LogP contribution in [0.1, 0.15) is 12.8 Å². The van der Waals surface area contributed by atoms with E-state index in [1.54, 1.807) is 37.9 Å². The molecule has 3 aromatic rings. The molecule has 0 saturated carbocycles. The molecule has 0 aliphatic carbocycles. The van der Waals surface area contributed by atoms with Crippen molar-refractivity contribution in [3.8, 4) is 11.3 Å². The first kappa shape index (κ1) is 17.1. The molecule has 27 heavy (non-hydrogen) atoms. The number of aryl methyl sites for hydroxylation is 1. The van der Waals surface area contributed by atoms with Crippen molar-refractivity contribution in [1.82, 2.24) is 24.3 Å². The zero-order chi connectivity index (χ0) is 18.8. The van der Waals surface area contributed by atoms with E-state index in [2.05, 4.69) is 15.1 Å². The second-order valence-corrected chi connectivity index (χ2v) is 6.63. The van der Waals surface area contributed by atoms with Gasteiger partial charge in [0.05, 0.1) is 18.3 Å². The molecule has 0 bridgehead atoms. The lowest BCUT2D eigenvalue weighted by molar-refractivity contribution is 0.487. The molecule has 0 amide bonds. The lowest BCUT2D eigenvalue weighted by Crippen LogP contribution is -2.40. The molecule has 3 aromatic heterocycles. The maximum absolute atomic E-state index is 12.4. The number of anilines is 1. The summed E-state index contributed by atoms with van der Waals surface area (Å²) in [6, 6.07) is 6.97. The lowest BCUT2D eigenvalue weighted by Gasteiger charge is -2.25. The highest BCUT2D eigenvalue weighted by atomic mass is 16.1. The van der Waals surface area contributed by atoms with Crippen molar-refractivity contribution in [2.24, 2.45) is 7.05 Å². The van der Waals surface area contributed by atoms with Gasteiger partial charge < -0.3 is 9.47 Å². The molecular formula is C19H20N6O2. The summed E-state index contributed by atoms with van der Waals surface area (Å²) in [5, 5.41) is 4.52. The quantitative estimate of drug-likeness (QED) is 0.688. The third-order valence-corrected chi connectivity index (χ3v) is 4.87. The van der Waals surface area contributed by atoms with Gasteiger partial charge in [0, 0.05) is 50.0 Å². The highest BCUT2D eigenvalue weighted by Gasteiger charge is 2.28. The van der Waals surface area contributed by atoms with Crippen molar-refractivity contribution in [2.75, 3.05) is 11.4 Å². The van der Waals surface area contributed by atoms with Crippen LogP contribution in [0.4, 0.5) is 5.82 Å². The topological polar surface area (TPSA) is 85.9 Å². The van der Waals surface area contributed by atoms with Crippen LogP contribution in [0.5, 0.6) is 0 Å². The number of pyridine rings is 1. The second kappa shape index (κ2) is 7.14. The van der Waals surface area contributed by atoms with Gasteiger partial charge in [-0.15, -0.1) is 0 Å². The third-order valence-electron chi connectivity index (χ3n) is 4.87. The molecule has 4 rings (SSSR count). The van der Waals surface area contributed by atoms with E-state index in [0.717, 1.165) is 30.6 Å². The van der Waals surface area contributed by atoms with Gasteiger partial charge in [-0.3, -0.25) is 14.6 Å². The first-order valence-electron chi connectivity index (χ1n) is 8.90. The molecule has 0 aromatic carbocycles. The predicted molar refractivity (Wildman–Crippen MR) is 102 cm³/mol.